The maximum atomic E-state index is 11.1. The molecule has 102 valence electrons. The molecule has 1 aromatic carbocycles. The predicted octanol–water partition coefficient (Wildman–Crippen LogP) is 0.947. The van der Waals surface area contributed by atoms with Gasteiger partial charge in [0.1, 0.15) is 21.5 Å². The molecule has 0 amide bonds. The highest BCUT2D eigenvalue weighted by Crippen LogP contribution is 2.23. The topological polar surface area (TPSA) is 104 Å². The fraction of sp³-hybridized carbons (Fsp3) is 0.364. The van der Waals surface area contributed by atoms with Crippen LogP contribution in [0.15, 0.2) is 18.2 Å². The summed E-state index contributed by atoms with van der Waals surface area (Å²) in [6.07, 6.45) is 1.14. The van der Waals surface area contributed by atoms with Crippen LogP contribution in [0.5, 0.6) is 0 Å². The highest BCUT2D eigenvalue weighted by molar-refractivity contribution is 7.90. The van der Waals surface area contributed by atoms with Gasteiger partial charge in [-0.15, -0.1) is 0 Å². The molecule has 7 nitrogen and oxygen atoms in total. The normalized spacial score (nSPS) is 10.8. The zero-order chi connectivity index (χ0) is 14.6. The van der Waals surface area contributed by atoms with E-state index in [0.29, 0.717) is 5.69 Å². The second kappa shape index (κ2) is 5.67. The molecule has 0 aliphatic carbocycles. The lowest BCUT2D eigenvalue weighted by Gasteiger charge is -2.18. The fourth-order valence-corrected chi connectivity index (χ4v) is 2.05. The van der Waals surface area contributed by atoms with Gasteiger partial charge in [-0.05, 0) is 12.1 Å². The van der Waals surface area contributed by atoms with Crippen molar-refractivity contribution >= 4 is 21.2 Å². The van der Waals surface area contributed by atoms with Crippen molar-refractivity contribution in [3.63, 3.8) is 0 Å². The van der Waals surface area contributed by atoms with Crippen LogP contribution in [0, 0.1) is 21.4 Å². The summed E-state index contributed by atoms with van der Waals surface area (Å²) in [4.78, 5) is 11.7. The molecule has 0 aliphatic rings. The van der Waals surface area contributed by atoms with Gasteiger partial charge >= 0.3 is 0 Å². The first-order valence-corrected chi connectivity index (χ1v) is 7.38. The molecule has 0 aliphatic heterocycles. The Balaban J connectivity index is 2.97. The Morgan fingerprint density at radius 3 is 2.58 bits per heavy atom. The molecule has 0 radical (unpaired) electrons. The van der Waals surface area contributed by atoms with Gasteiger partial charge in [0.25, 0.3) is 5.69 Å². The first-order chi connectivity index (χ1) is 8.74. The van der Waals surface area contributed by atoms with E-state index in [9.17, 15) is 18.5 Å². The van der Waals surface area contributed by atoms with Gasteiger partial charge in [0.05, 0.1) is 10.7 Å². The average molecular weight is 283 g/mol. The molecule has 0 bridgehead atoms. The van der Waals surface area contributed by atoms with E-state index in [1.54, 1.807) is 18.0 Å². The number of anilines is 1. The molecular weight excluding hydrogens is 270 g/mol. The Bertz CT molecular complexity index is 634. The third kappa shape index (κ3) is 4.22. The quantitative estimate of drug-likeness (QED) is 0.588. The molecule has 1 rings (SSSR count). The fourth-order valence-electron chi connectivity index (χ4n) is 1.44. The number of nitriles is 1. The minimum atomic E-state index is -3.08. The van der Waals surface area contributed by atoms with E-state index in [1.165, 1.54) is 18.2 Å². The Morgan fingerprint density at radius 2 is 2.11 bits per heavy atom. The van der Waals surface area contributed by atoms with Crippen molar-refractivity contribution in [2.75, 3.05) is 30.5 Å². The molecule has 0 aromatic heterocycles. The largest absolute Gasteiger partial charge is 0.374 e. The summed E-state index contributed by atoms with van der Waals surface area (Å²) in [6, 6.07) is 5.86. The molecule has 0 fully saturated rings. The number of hydrogen-bond donors (Lipinski definition) is 0. The van der Waals surface area contributed by atoms with Gasteiger partial charge < -0.3 is 4.90 Å². The minimum absolute atomic E-state index is 0.0254. The van der Waals surface area contributed by atoms with Gasteiger partial charge in [0.2, 0.25) is 0 Å². The second-order valence-corrected chi connectivity index (χ2v) is 6.38. The summed E-state index contributed by atoms with van der Waals surface area (Å²) >= 11 is 0. The molecule has 0 saturated carbocycles. The van der Waals surface area contributed by atoms with Crippen LogP contribution in [-0.4, -0.2) is 38.9 Å². The van der Waals surface area contributed by atoms with Crippen LogP contribution < -0.4 is 4.90 Å². The van der Waals surface area contributed by atoms with Crippen molar-refractivity contribution in [1.82, 2.24) is 0 Å². The summed E-state index contributed by atoms with van der Waals surface area (Å²) in [6.45, 7) is 0.252. The number of nitro benzene ring substituents is 1. The van der Waals surface area contributed by atoms with Crippen LogP contribution in [0.1, 0.15) is 5.56 Å². The number of benzene rings is 1. The van der Waals surface area contributed by atoms with Gasteiger partial charge in [0.15, 0.2) is 0 Å². The lowest BCUT2D eigenvalue weighted by molar-refractivity contribution is -0.385. The molecule has 0 saturated heterocycles. The third-order valence-electron chi connectivity index (χ3n) is 2.54. The van der Waals surface area contributed by atoms with Gasteiger partial charge in [-0.1, -0.05) is 0 Å². The van der Waals surface area contributed by atoms with E-state index >= 15 is 0 Å². The molecular formula is C11H13N3O4S. The number of nitro groups is 1. The SMILES string of the molecule is CN(CCS(C)(=O)=O)c1ccc([N+](=O)[O-])c(C#N)c1. The molecule has 8 heteroatoms. The van der Waals surface area contributed by atoms with E-state index in [-0.39, 0.29) is 23.5 Å². The summed E-state index contributed by atoms with van der Waals surface area (Å²) in [5, 5.41) is 19.5. The van der Waals surface area contributed by atoms with Crippen molar-refractivity contribution < 1.29 is 13.3 Å². The van der Waals surface area contributed by atoms with E-state index in [4.69, 9.17) is 5.26 Å². The van der Waals surface area contributed by atoms with Crippen LogP contribution in [0.3, 0.4) is 0 Å². The van der Waals surface area contributed by atoms with Crippen molar-refractivity contribution in [3.05, 3.63) is 33.9 Å². The van der Waals surface area contributed by atoms with Crippen LogP contribution in [0.4, 0.5) is 11.4 Å². The summed E-state index contributed by atoms with van der Waals surface area (Å²) in [5.41, 5.74) is 0.252. The van der Waals surface area contributed by atoms with Gasteiger partial charge in [-0.2, -0.15) is 5.26 Å². The molecule has 0 unspecified atom stereocenters. The molecule has 19 heavy (non-hydrogen) atoms. The third-order valence-corrected chi connectivity index (χ3v) is 3.46. The zero-order valence-electron chi connectivity index (χ0n) is 10.5. The standard InChI is InChI=1S/C11H13N3O4S/c1-13(5-6-19(2,17)18)10-3-4-11(14(15)16)9(7-10)8-12/h3-4,7H,5-6H2,1-2H3. The Hall–Kier alpha value is -2.14. The molecule has 0 N–H and O–H groups in total. The lowest BCUT2D eigenvalue weighted by Crippen LogP contribution is -2.24. The minimum Gasteiger partial charge on any atom is -0.374 e. The molecule has 0 spiro atoms. The van der Waals surface area contributed by atoms with Crippen molar-refractivity contribution in [1.29, 1.82) is 5.26 Å². The first-order valence-electron chi connectivity index (χ1n) is 5.32. The Morgan fingerprint density at radius 1 is 1.47 bits per heavy atom. The van der Waals surface area contributed by atoms with Crippen LogP contribution in [0.2, 0.25) is 0 Å². The summed E-state index contributed by atoms with van der Waals surface area (Å²) < 4.78 is 22.1. The number of nitrogens with zero attached hydrogens (tertiary/aromatic N) is 3. The summed E-state index contributed by atoms with van der Waals surface area (Å²) in [5.74, 6) is -0.0254. The summed E-state index contributed by atoms with van der Waals surface area (Å²) in [7, 11) is -1.42. The first kappa shape index (κ1) is 14.9. The van der Waals surface area contributed by atoms with Gasteiger partial charge in [0, 0.05) is 31.6 Å². The number of sulfone groups is 1. The maximum absolute atomic E-state index is 11.1. The van der Waals surface area contributed by atoms with E-state index in [0.717, 1.165) is 6.26 Å². The van der Waals surface area contributed by atoms with Gasteiger partial charge in [-0.25, -0.2) is 8.42 Å². The Labute approximate surface area is 111 Å². The van der Waals surface area contributed by atoms with E-state index in [2.05, 4.69) is 0 Å². The molecule has 0 heterocycles. The maximum Gasteiger partial charge on any atom is 0.287 e. The monoisotopic (exact) mass is 283 g/mol. The van der Waals surface area contributed by atoms with Crippen LogP contribution >= 0.6 is 0 Å². The molecule has 1 aromatic rings. The van der Waals surface area contributed by atoms with E-state index < -0.39 is 14.8 Å². The molecule has 0 atom stereocenters. The lowest BCUT2D eigenvalue weighted by atomic mass is 10.1. The van der Waals surface area contributed by atoms with Crippen LogP contribution in [0.25, 0.3) is 0 Å². The smallest absolute Gasteiger partial charge is 0.287 e. The number of rotatable bonds is 5. The predicted molar refractivity (Wildman–Crippen MR) is 70.8 cm³/mol. The number of hydrogen-bond acceptors (Lipinski definition) is 6. The average Bonchev–Trinajstić information content (AvgIpc) is 2.34. The second-order valence-electron chi connectivity index (χ2n) is 4.12. The van der Waals surface area contributed by atoms with E-state index in [1.807, 2.05) is 0 Å². The highest BCUT2D eigenvalue weighted by Gasteiger charge is 2.15. The van der Waals surface area contributed by atoms with Gasteiger partial charge in [-0.3, -0.25) is 10.1 Å². The zero-order valence-corrected chi connectivity index (χ0v) is 11.3. The Kier molecular flexibility index (Phi) is 4.45. The van der Waals surface area contributed by atoms with Crippen molar-refractivity contribution in [3.8, 4) is 6.07 Å². The van der Waals surface area contributed by atoms with Crippen LogP contribution in [-0.2, 0) is 9.84 Å². The van der Waals surface area contributed by atoms with Crippen molar-refractivity contribution in [2.45, 2.75) is 0 Å². The van der Waals surface area contributed by atoms with Crippen molar-refractivity contribution in [2.24, 2.45) is 0 Å². The highest BCUT2D eigenvalue weighted by atomic mass is 32.2.